The Morgan fingerprint density at radius 3 is 2.64 bits per heavy atom. The number of methoxy groups -OCH3 is 1. The van der Waals surface area contributed by atoms with E-state index in [9.17, 15) is 4.79 Å². The molecule has 2 aliphatic carbocycles. The first-order valence-corrected chi connectivity index (χ1v) is 4.13. The minimum absolute atomic E-state index is 0.323. The molecule has 0 unspecified atom stereocenters. The molecule has 2 aliphatic rings. The molecule has 11 heavy (non-hydrogen) atoms. The van der Waals surface area contributed by atoms with E-state index in [2.05, 4.69) is 0 Å². The standard InChI is InChI=1S/C9H12O2/c1-11-8-5-4-7(10)9(8)6-2-3-6/h6H,2-5H2,1H3. The molecule has 0 atom stereocenters. The number of allylic oxidation sites excluding steroid dienone is 2. The third-order valence-electron chi connectivity index (χ3n) is 2.41. The maximum Gasteiger partial charge on any atom is 0.162 e. The average Bonchev–Trinajstić information content (AvgIpc) is 2.76. The van der Waals surface area contributed by atoms with Crippen LogP contribution in [0.3, 0.4) is 0 Å². The molecule has 2 nitrogen and oxygen atoms in total. The summed E-state index contributed by atoms with van der Waals surface area (Å²) in [7, 11) is 1.66. The van der Waals surface area contributed by atoms with E-state index >= 15 is 0 Å². The van der Waals surface area contributed by atoms with Gasteiger partial charge in [-0.1, -0.05) is 0 Å². The quantitative estimate of drug-likeness (QED) is 0.601. The SMILES string of the molecule is COC1=C(C2CC2)C(=O)CC1. The van der Waals surface area contributed by atoms with Crippen LogP contribution in [0.2, 0.25) is 0 Å². The number of ether oxygens (including phenoxy) is 1. The lowest BCUT2D eigenvalue weighted by atomic mass is 10.1. The number of hydrogen-bond acceptors (Lipinski definition) is 2. The molecule has 0 saturated heterocycles. The van der Waals surface area contributed by atoms with Crippen molar-refractivity contribution in [2.45, 2.75) is 25.7 Å². The normalized spacial score (nSPS) is 24.6. The lowest BCUT2D eigenvalue weighted by Crippen LogP contribution is -1.98. The van der Waals surface area contributed by atoms with Crippen molar-refractivity contribution < 1.29 is 9.53 Å². The summed E-state index contributed by atoms with van der Waals surface area (Å²) >= 11 is 0. The van der Waals surface area contributed by atoms with Crippen molar-refractivity contribution in [3.63, 3.8) is 0 Å². The molecule has 0 aromatic rings. The summed E-state index contributed by atoms with van der Waals surface area (Å²) < 4.78 is 5.15. The molecule has 2 rings (SSSR count). The molecule has 60 valence electrons. The zero-order valence-corrected chi connectivity index (χ0v) is 6.72. The van der Waals surface area contributed by atoms with Gasteiger partial charge in [0, 0.05) is 18.4 Å². The van der Waals surface area contributed by atoms with Gasteiger partial charge >= 0.3 is 0 Å². The van der Waals surface area contributed by atoms with Crippen LogP contribution >= 0.6 is 0 Å². The maximum absolute atomic E-state index is 11.3. The van der Waals surface area contributed by atoms with Crippen LogP contribution in [-0.4, -0.2) is 12.9 Å². The maximum atomic E-state index is 11.3. The molecule has 0 N–H and O–H groups in total. The van der Waals surface area contributed by atoms with E-state index in [0.29, 0.717) is 18.1 Å². The van der Waals surface area contributed by atoms with Crippen LogP contribution in [0.5, 0.6) is 0 Å². The molecule has 0 amide bonds. The number of hydrogen-bond donors (Lipinski definition) is 0. The first-order chi connectivity index (χ1) is 5.33. The molecule has 0 aromatic carbocycles. The van der Waals surface area contributed by atoms with E-state index in [0.717, 1.165) is 17.8 Å². The van der Waals surface area contributed by atoms with Gasteiger partial charge < -0.3 is 4.74 Å². The van der Waals surface area contributed by atoms with Crippen LogP contribution in [0.4, 0.5) is 0 Å². The highest BCUT2D eigenvalue weighted by atomic mass is 16.5. The number of Topliss-reactive ketones (excluding diaryl/α,β-unsaturated/α-hetero) is 1. The lowest BCUT2D eigenvalue weighted by molar-refractivity contribution is -0.115. The second-order valence-electron chi connectivity index (χ2n) is 3.24. The molecule has 0 bridgehead atoms. The Hall–Kier alpha value is -0.790. The fourth-order valence-corrected chi connectivity index (χ4v) is 1.69. The Morgan fingerprint density at radius 1 is 1.36 bits per heavy atom. The van der Waals surface area contributed by atoms with Crippen LogP contribution in [0.25, 0.3) is 0 Å². The van der Waals surface area contributed by atoms with Crippen LogP contribution < -0.4 is 0 Å². The van der Waals surface area contributed by atoms with Crippen molar-refractivity contribution in [3.8, 4) is 0 Å². The van der Waals surface area contributed by atoms with E-state index in [1.54, 1.807) is 7.11 Å². The molecule has 0 radical (unpaired) electrons. The summed E-state index contributed by atoms with van der Waals surface area (Å²) in [5, 5.41) is 0. The van der Waals surface area contributed by atoms with Gasteiger partial charge in [0.15, 0.2) is 5.78 Å². The minimum Gasteiger partial charge on any atom is -0.501 e. The summed E-state index contributed by atoms with van der Waals surface area (Å²) in [5.74, 6) is 1.84. The van der Waals surface area contributed by atoms with Crippen molar-refractivity contribution in [1.82, 2.24) is 0 Å². The molecule has 1 saturated carbocycles. The Morgan fingerprint density at radius 2 is 2.09 bits per heavy atom. The molecule has 0 aliphatic heterocycles. The highest BCUT2D eigenvalue weighted by molar-refractivity contribution is 5.99. The highest BCUT2D eigenvalue weighted by Gasteiger charge is 2.36. The average molecular weight is 152 g/mol. The molecular formula is C9H12O2. The van der Waals surface area contributed by atoms with Gasteiger partial charge in [0.05, 0.1) is 7.11 Å². The van der Waals surface area contributed by atoms with Crippen molar-refractivity contribution in [2.75, 3.05) is 7.11 Å². The third kappa shape index (κ3) is 1.06. The summed E-state index contributed by atoms with van der Waals surface area (Å²) in [6.45, 7) is 0. The van der Waals surface area contributed by atoms with Gasteiger partial charge in [-0.25, -0.2) is 0 Å². The predicted molar refractivity (Wildman–Crippen MR) is 41.0 cm³/mol. The number of carbonyl (C=O) groups excluding carboxylic acids is 1. The summed E-state index contributed by atoms with van der Waals surface area (Å²) in [5.41, 5.74) is 1.01. The Kier molecular flexibility index (Phi) is 1.48. The van der Waals surface area contributed by atoms with Gasteiger partial charge in [-0.3, -0.25) is 4.79 Å². The predicted octanol–water partition coefficient (Wildman–Crippen LogP) is 1.66. The van der Waals surface area contributed by atoms with Gasteiger partial charge in [0.25, 0.3) is 0 Å². The van der Waals surface area contributed by atoms with E-state index in [4.69, 9.17) is 4.74 Å². The zero-order valence-electron chi connectivity index (χ0n) is 6.72. The van der Waals surface area contributed by atoms with Crippen molar-refractivity contribution in [3.05, 3.63) is 11.3 Å². The largest absolute Gasteiger partial charge is 0.501 e. The molecule has 1 fully saturated rings. The van der Waals surface area contributed by atoms with Gasteiger partial charge in [-0.05, 0) is 18.8 Å². The summed E-state index contributed by atoms with van der Waals surface area (Å²) in [4.78, 5) is 11.3. The fourth-order valence-electron chi connectivity index (χ4n) is 1.69. The van der Waals surface area contributed by atoms with Crippen LogP contribution in [0, 0.1) is 5.92 Å². The second-order valence-corrected chi connectivity index (χ2v) is 3.24. The number of carbonyl (C=O) groups is 1. The molecule has 0 aromatic heterocycles. The Labute approximate surface area is 66.2 Å². The van der Waals surface area contributed by atoms with Crippen molar-refractivity contribution in [1.29, 1.82) is 0 Å². The van der Waals surface area contributed by atoms with Gasteiger partial charge in [-0.15, -0.1) is 0 Å². The molecule has 0 heterocycles. The summed E-state index contributed by atoms with van der Waals surface area (Å²) in [6.07, 6.45) is 3.89. The topological polar surface area (TPSA) is 26.3 Å². The van der Waals surface area contributed by atoms with Gasteiger partial charge in [0.1, 0.15) is 5.76 Å². The lowest BCUT2D eigenvalue weighted by Gasteiger charge is -2.01. The molecule has 0 spiro atoms. The van der Waals surface area contributed by atoms with Gasteiger partial charge in [0.2, 0.25) is 0 Å². The van der Waals surface area contributed by atoms with Crippen LogP contribution in [0.1, 0.15) is 25.7 Å². The van der Waals surface area contributed by atoms with Crippen molar-refractivity contribution >= 4 is 5.78 Å². The van der Waals surface area contributed by atoms with Crippen LogP contribution in [-0.2, 0) is 9.53 Å². The Bertz CT molecular complexity index is 224. The monoisotopic (exact) mass is 152 g/mol. The van der Waals surface area contributed by atoms with E-state index in [1.165, 1.54) is 12.8 Å². The van der Waals surface area contributed by atoms with E-state index < -0.39 is 0 Å². The van der Waals surface area contributed by atoms with Crippen molar-refractivity contribution in [2.24, 2.45) is 5.92 Å². The second kappa shape index (κ2) is 2.36. The first-order valence-electron chi connectivity index (χ1n) is 4.13. The zero-order chi connectivity index (χ0) is 7.84. The fraction of sp³-hybridized carbons (Fsp3) is 0.667. The number of ketones is 1. The number of rotatable bonds is 2. The van der Waals surface area contributed by atoms with Gasteiger partial charge in [-0.2, -0.15) is 0 Å². The molecular weight excluding hydrogens is 140 g/mol. The van der Waals surface area contributed by atoms with E-state index in [-0.39, 0.29) is 0 Å². The highest BCUT2D eigenvalue weighted by Crippen LogP contribution is 2.42. The first kappa shape index (κ1) is 6.89. The minimum atomic E-state index is 0.323. The van der Waals surface area contributed by atoms with E-state index in [1.807, 2.05) is 0 Å². The molecule has 2 heteroatoms. The third-order valence-corrected chi connectivity index (χ3v) is 2.41. The van der Waals surface area contributed by atoms with Crippen LogP contribution in [0.15, 0.2) is 11.3 Å². The summed E-state index contributed by atoms with van der Waals surface area (Å²) in [6, 6.07) is 0. The Balaban J connectivity index is 2.25. The smallest absolute Gasteiger partial charge is 0.162 e.